The summed E-state index contributed by atoms with van der Waals surface area (Å²) in [6, 6.07) is 0. The zero-order chi connectivity index (χ0) is 6.91. The molecule has 0 fully saturated rings. The van der Waals surface area contributed by atoms with E-state index in [-0.39, 0.29) is 5.41 Å². The predicted octanol–water partition coefficient (Wildman–Crippen LogP) is -0.112. The van der Waals surface area contributed by atoms with Crippen molar-refractivity contribution in [3.05, 3.63) is 0 Å². The Morgan fingerprint density at radius 3 is 2.67 bits per heavy atom. The van der Waals surface area contributed by atoms with Gasteiger partial charge < -0.3 is 0 Å². The predicted molar refractivity (Wildman–Crippen MR) is 36.0 cm³/mol. The Morgan fingerprint density at radius 2 is 2.33 bits per heavy atom. The summed E-state index contributed by atoms with van der Waals surface area (Å²) in [4.78, 5) is 5.11. The van der Waals surface area contributed by atoms with Crippen molar-refractivity contribution < 1.29 is 9.99 Å². The molecule has 0 aliphatic carbocycles. The van der Waals surface area contributed by atoms with Gasteiger partial charge in [0.2, 0.25) is 0 Å². The first kappa shape index (κ1) is 6.59. The first-order valence-corrected chi connectivity index (χ1v) is 3.36. The summed E-state index contributed by atoms with van der Waals surface area (Å²) in [5.41, 5.74) is 0.289. The molecule has 9 heavy (non-hydrogen) atoms. The van der Waals surface area contributed by atoms with Crippen LogP contribution in [0, 0.1) is 5.41 Å². The highest BCUT2D eigenvalue weighted by atomic mass is 16.6. The smallest absolute Gasteiger partial charge is 0.195 e. The van der Waals surface area contributed by atoms with Crippen molar-refractivity contribution >= 4 is 6.21 Å². The third kappa shape index (κ3) is 1.70. The van der Waals surface area contributed by atoms with Gasteiger partial charge in [0.25, 0.3) is 0 Å². The molecule has 0 amide bonds. The molecule has 0 radical (unpaired) electrons. The summed E-state index contributed by atoms with van der Waals surface area (Å²) in [7, 11) is 0. The van der Waals surface area contributed by atoms with E-state index in [1.807, 2.05) is 6.21 Å². The van der Waals surface area contributed by atoms with Crippen molar-refractivity contribution in [2.24, 2.45) is 5.41 Å². The lowest BCUT2D eigenvalue weighted by Gasteiger charge is -2.21. The number of hydrogen-bond donors (Lipinski definition) is 1. The molecule has 2 nitrogen and oxygen atoms in total. The van der Waals surface area contributed by atoms with E-state index in [2.05, 4.69) is 25.9 Å². The molecule has 1 unspecified atom stereocenters. The second-order valence-corrected chi connectivity index (χ2v) is 3.38. The van der Waals surface area contributed by atoms with Gasteiger partial charge in [0.15, 0.2) is 12.3 Å². The largest absolute Gasteiger partial charge is 0.277 e. The lowest BCUT2D eigenvalue weighted by Crippen LogP contribution is -2.74. The highest BCUT2D eigenvalue weighted by molar-refractivity contribution is 5.58. The molecular weight excluding hydrogens is 114 g/mol. The van der Waals surface area contributed by atoms with Crippen molar-refractivity contribution in [1.82, 2.24) is 0 Å². The van der Waals surface area contributed by atoms with Crippen LogP contribution in [-0.2, 0) is 4.84 Å². The van der Waals surface area contributed by atoms with Crippen LogP contribution < -0.4 is 5.16 Å². The molecule has 1 heterocycles. The minimum absolute atomic E-state index is 0.289. The summed E-state index contributed by atoms with van der Waals surface area (Å²) in [5.74, 6) is 0. The SMILES string of the molecule is CC1CC(C)(C)C=[NH+]O1. The van der Waals surface area contributed by atoms with Crippen LogP contribution in [0.1, 0.15) is 27.2 Å². The fourth-order valence-electron chi connectivity index (χ4n) is 1.15. The molecule has 0 aromatic heterocycles. The van der Waals surface area contributed by atoms with Gasteiger partial charge in [0, 0.05) is 6.42 Å². The molecule has 1 aliphatic rings. The van der Waals surface area contributed by atoms with E-state index in [1.54, 1.807) is 0 Å². The Bertz CT molecular complexity index is 129. The molecule has 0 saturated carbocycles. The third-order valence-electron chi connectivity index (χ3n) is 1.53. The molecule has 1 aliphatic heterocycles. The maximum atomic E-state index is 5.11. The Kier molecular flexibility index (Phi) is 1.47. The maximum absolute atomic E-state index is 5.11. The summed E-state index contributed by atoms with van der Waals surface area (Å²) >= 11 is 0. The second kappa shape index (κ2) is 2.01. The first-order valence-electron chi connectivity index (χ1n) is 3.36. The van der Waals surface area contributed by atoms with Gasteiger partial charge in [-0.05, 0) is 12.1 Å². The van der Waals surface area contributed by atoms with Crippen LogP contribution in [-0.4, -0.2) is 12.3 Å². The average molecular weight is 128 g/mol. The zero-order valence-corrected chi connectivity index (χ0v) is 6.27. The average Bonchev–Trinajstić information content (AvgIpc) is 1.60. The summed E-state index contributed by atoms with van der Waals surface area (Å²) < 4.78 is 0. The summed E-state index contributed by atoms with van der Waals surface area (Å²) in [5, 5.41) is 2.80. The third-order valence-corrected chi connectivity index (χ3v) is 1.53. The van der Waals surface area contributed by atoms with Crippen molar-refractivity contribution in [1.29, 1.82) is 0 Å². The van der Waals surface area contributed by atoms with Gasteiger partial charge >= 0.3 is 0 Å². The molecule has 1 rings (SSSR count). The van der Waals surface area contributed by atoms with Crippen molar-refractivity contribution in [2.45, 2.75) is 33.3 Å². The van der Waals surface area contributed by atoms with Crippen LogP contribution in [0.3, 0.4) is 0 Å². The van der Waals surface area contributed by atoms with Gasteiger partial charge in [-0.2, -0.15) is 0 Å². The molecular formula is C7H14NO+. The highest BCUT2D eigenvalue weighted by Crippen LogP contribution is 2.20. The fraction of sp³-hybridized carbons (Fsp3) is 0.857. The van der Waals surface area contributed by atoms with Crippen molar-refractivity contribution in [3.8, 4) is 0 Å². The van der Waals surface area contributed by atoms with Gasteiger partial charge in [-0.3, -0.25) is 4.84 Å². The van der Waals surface area contributed by atoms with Crippen LogP contribution in [0.2, 0.25) is 0 Å². The molecule has 52 valence electrons. The molecule has 2 heteroatoms. The first-order chi connectivity index (χ1) is 4.10. The Balaban J connectivity index is 2.60. The van der Waals surface area contributed by atoms with E-state index >= 15 is 0 Å². The van der Waals surface area contributed by atoms with Gasteiger partial charge in [-0.1, -0.05) is 13.8 Å². The van der Waals surface area contributed by atoms with Gasteiger partial charge in [-0.15, -0.1) is 0 Å². The normalized spacial score (nSPS) is 31.7. The van der Waals surface area contributed by atoms with Crippen molar-refractivity contribution in [2.75, 3.05) is 0 Å². The second-order valence-electron chi connectivity index (χ2n) is 3.38. The van der Waals surface area contributed by atoms with Crippen LogP contribution in [0.5, 0.6) is 0 Å². The van der Waals surface area contributed by atoms with E-state index in [9.17, 15) is 0 Å². The lowest BCUT2D eigenvalue weighted by molar-refractivity contribution is -0.768. The number of rotatable bonds is 0. The van der Waals surface area contributed by atoms with Crippen LogP contribution in [0.15, 0.2) is 0 Å². The van der Waals surface area contributed by atoms with Gasteiger partial charge in [-0.25, -0.2) is 0 Å². The molecule has 1 atom stereocenters. The Labute approximate surface area is 55.9 Å². The van der Waals surface area contributed by atoms with E-state index in [4.69, 9.17) is 4.84 Å². The molecule has 0 spiro atoms. The molecule has 1 N–H and O–H groups in total. The van der Waals surface area contributed by atoms with Crippen LogP contribution in [0.25, 0.3) is 0 Å². The fourth-order valence-corrected chi connectivity index (χ4v) is 1.15. The zero-order valence-electron chi connectivity index (χ0n) is 6.27. The standard InChI is InChI=1S/C7H13NO/c1-6-4-7(2,3)5-8-9-6/h5-6H,4H2,1-3H3/p+1. The quantitative estimate of drug-likeness (QED) is 0.483. The topological polar surface area (TPSA) is 23.2 Å². The summed E-state index contributed by atoms with van der Waals surface area (Å²) in [6.07, 6.45) is 3.43. The van der Waals surface area contributed by atoms with Crippen LogP contribution in [0.4, 0.5) is 0 Å². The van der Waals surface area contributed by atoms with Gasteiger partial charge in [0.05, 0.1) is 5.41 Å². The lowest BCUT2D eigenvalue weighted by atomic mass is 9.88. The minimum atomic E-state index is 0.289. The van der Waals surface area contributed by atoms with Crippen LogP contribution >= 0.6 is 0 Å². The Morgan fingerprint density at radius 1 is 1.67 bits per heavy atom. The monoisotopic (exact) mass is 128 g/mol. The highest BCUT2D eigenvalue weighted by Gasteiger charge is 2.28. The molecule has 0 aromatic rings. The molecule has 0 aromatic carbocycles. The minimum Gasteiger partial charge on any atom is -0.277 e. The molecule has 0 saturated heterocycles. The number of nitrogens with one attached hydrogen (secondary N) is 1. The number of hydrogen-bond acceptors (Lipinski definition) is 1. The van der Waals surface area contributed by atoms with Crippen molar-refractivity contribution in [3.63, 3.8) is 0 Å². The van der Waals surface area contributed by atoms with E-state index < -0.39 is 0 Å². The van der Waals surface area contributed by atoms with Gasteiger partial charge in [0.1, 0.15) is 0 Å². The Hall–Kier alpha value is -0.530. The van der Waals surface area contributed by atoms with E-state index in [0.29, 0.717) is 6.10 Å². The van der Waals surface area contributed by atoms with E-state index in [0.717, 1.165) is 6.42 Å². The maximum Gasteiger partial charge on any atom is 0.195 e. The van der Waals surface area contributed by atoms with E-state index in [1.165, 1.54) is 0 Å². The summed E-state index contributed by atoms with van der Waals surface area (Å²) in [6.45, 7) is 6.46. The molecule has 0 bridgehead atoms.